The van der Waals surface area contributed by atoms with Gasteiger partial charge >= 0.3 is 0 Å². The van der Waals surface area contributed by atoms with E-state index in [1.807, 2.05) is 0 Å². The van der Waals surface area contributed by atoms with Crippen molar-refractivity contribution >= 4 is 11.8 Å². The molecule has 5 aliphatic carbocycles. The summed E-state index contributed by atoms with van der Waals surface area (Å²) < 4.78 is 0. The summed E-state index contributed by atoms with van der Waals surface area (Å²) in [7, 11) is 0. The molecule has 6 rings (SSSR count). The summed E-state index contributed by atoms with van der Waals surface area (Å²) in [6, 6.07) is 0.750. The van der Waals surface area contributed by atoms with E-state index in [1.165, 1.54) is 44.9 Å². The molecule has 1 heterocycles. The van der Waals surface area contributed by atoms with Crippen LogP contribution in [0.25, 0.3) is 0 Å². The number of rotatable bonds is 2. The van der Waals surface area contributed by atoms with Crippen LogP contribution < -0.4 is 10.6 Å². The zero-order chi connectivity index (χ0) is 20.7. The highest BCUT2D eigenvalue weighted by Crippen LogP contribution is 2.65. The van der Waals surface area contributed by atoms with E-state index in [0.29, 0.717) is 35.7 Å². The Kier molecular flexibility index (Phi) is 4.26. The Morgan fingerprint density at radius 1 is 1.03 bits per heavy atom. The van der Waals surface area contributed by atoms with Crippen molar-refractivity contribution in [2.75, 3.05) is 0 Å². The molecule has 0 spiro atoms. The van der Waals surface area contributed by atoms with Crippen LogP contribution in [-0.2, 0) is 9.59 Å². The third-order valence-corrected chi connectivity index (χ3v) is 11.1. The molecule has 2 amide bonds. The predicted octanol–water partition coefficient (Wildman–Crippen LogP) is 4.20. The molecule has 5 fully saturated rings. The molecule has 2 bridgehead atoms. The maximum absolute atomic E-state index is 13.5. The van der Waals surface area contributed by atoms with Crippen LogP contribution in [0.15, 0.2) is 12.2 Å². The fourth-order valence-electron chi connectivity index (χ4n) is 9.47. The largest absolute Gasteiger partial charge is 0.353 e. The Morgan fingerprint density at radius 3 is 2.67 bits per heavy atom. The topological polar surface area (TPSA) is 58.2 Å². The van der Waals surface area contributed by atoms with Gasteiger partial charge in [-0.1, -0.05) is 26.3 Å². The van der Waals surface area contributed by atoms with Crippen LogP contribution in [0.4, 0.5) is 0 Å². The minimum atomic E-state index is 0.0785. The predicted molar refractivity (Wildman–Crippen MR) is 116 cm³/mol. The fourth-order valence-corrected chi connectivity index (χ4v) is 9.47. The van der Waals surface area contributed by atoms with Crippen molar-refractivity contribution in [3.05, 3.63) is 12.2 Å². The highest BCUT2D eigenvalue weighted by Gasteiger charge is 2.61. The molecule has 5 unspecified atom stereocenters. The number of hydrogen-bond donors (Lipinski definition) is 2. The van der Waals surface area contributed by atoms with Gasteiger partial charge in [0.05, 0.1) is 0 Å². The van der Waals surface area contributed by atoms with Gasteiger partial charge in [0.1, 0.15) is 0 Å². The van der Waals surface area contributed by atoms with Crippen molar-refractivity contribution in [1.82, 2.24) is 10.6 Å². The van der Waals surface area contributed by atoms with Crippen molar-refractivity contribution in [2.45, 2.75) is 90.1 Å². The third-order valence-electron chi connectivity index (χ3n) is 11.1. The van der Waals surface area contributed by atoms with Gasteiger partial charge in [-0.3, -0.25) is 9.59 Å². The van der Waals surface area contributed by atoms with Crippen molar-refractivity contribution in [3.63, 3.8) is 0 Å². The summed E-state index contributed by atoms with van der Waals surface area (Å²) in [6.45, 7) is 4.82. The van der Waals surface area contributed by atoms with Crippen LogP contribution in [0, 0.1) is 46.3 Å². The summed E-state index contributed by atoms with van der Waals surface area (Å²) in [5.41, 5.74) is 0.245. The first kappa shape index (κ1) is 19.4. The smallest absolute Gasteiger partial charge is 0.243 e. The highest BCUT2D eigenvalue weighted by molar-refractivity contribution is 5.89. The molecule has 0 radical (unpaired) electrons. The van der Waals surface area contributed by atoms with Gasteiger partial charge in [0, 0.05) is 23.4 Å². The molecule has 30 heavy (non-hydrogen) atoms. The number of carbonyl (C=O) groups is 2. The van der Waals surface area contributed by atoms with E-state index < -0.39 is 0 Å². The van der Waals surface area contributed by atoms with Crippen molar-refractivity contribution in [2.24, 2.45) is 46.3 Å². The summed E-state index contributed by atoms with van der Waals surface area (Å²) in [5, 5.41) is 6.79. The van der Waals surface area contributed by atoms with Crippen LogP contribution in [0.2, 0.25) is 0 Å². The van der Waals surface area contributed by atoms with Crippen molar-refractivity contribution < 1.29 is 9.59 Å². The molecule has 6 aliphatic rings. The van der Waals surface area contributed by atoms with Crippen molar-refractivity contribution in [3.8, 4) is 0 Å². The molecule has 1 aliphatic heterocycles. The average molecular weight is 411 g/mol. The lowest BCUT2D eigenvalue weighted by atomic mass is 9.48. The molecule has 4 heteroatoms. The van der Waals surface area contributed by atoms with Gasteiger partial charge in [-0.2, -0.15) is 0 Å². The van der Waals surface area contributed by atoms with Crippen LogP contribution in [0.5, 0.6) is 0 Å². The molecule has 4 nitrogen and oxygen atoms in total. The van der Waals surface area contributed by atoms with E-state index in [2.05, 4.69) is 30.6 Å². The van der Waals surface area contributed by atoms with Gasteiger partial charge in [-0.15, -0.1) is 0 Å². The Labute approximate surface area is 181 Å². The number of carbonyl (C=O) groups excluding carboxylic acids is 2. The SMILES string of the molecule is C[C@]12C=CC(=O)NC1CC[C@@H]1[C@H]2CC[C@]2(C)C(C(=O)NC3CC4CCC3C4)CC[C@@H]12. The first-order valence-electron chi connectivity index (χ1n) is 12.7. The molecule has 2 N–H and O–H groups in total. The second-order valence-electron chi connectivity index (χ2n) is 12.2. The maximum Gasteiger partial charge on any atom is 0.243 e. The summed E-state index contributed by atoms with van der Waals surface area (Å²) in [6.07, 6.45) is 16.2. The second-order valence-corrected chi connectivity index (χ2v) is 12.2. The van der Waals surface area contributed by atoms with E-state index in [1.54, 1.807) is 6.08 Å². The Bertz CT molecular complexity index is 792. The van der Waals surface area contributed by atoms with Crippen LogP contribution in [0.1, 0.15) is 78.1 Å². The summed E-state index contributed by atoms with van der Waals surface area (Å²) >= 11 is 0. The lowest BCUT2D eigenvalue weighted by Crippen LogP contribution is -2.59. The monoisotopic (exact) mass is 410 g/mol. The first-order valence-corrected chi connectivity index (χ1v) is 12.7. The Morgan fingerprint density at radius 2 is 1.90 bits per heavy atom. The molecule has 164 valence electrons. The zero-order valence-corrected chi connectivity index (χ0v) is 18.7. The average Bonchev–Trinajstić information content (AvgIpc) is 3.42. The van der Waals surface area contributed by atoms with E-state index in [-0.39, 0.29) is 22.7 Å². The normalized spacial score (nSPS) is 53.6. The van der Waals surface area contributed by atoms with Gasteiger partial charge in [-0.05, 0) is 98.9 Å². The van der Waals surface area contributed by atoms with Crippen LogP contribution in [-0.4, -0.2) is 23.9 Å². The molecule has 0 aromatic rings. The van der Waals surface area contributed by atoms with E-state index in [4.69, 9.17) is 0 Å². The zero-order valence-electron chi connectivity index (χ0n) is 18.7. The molecule has 10 atom stereocenters. The van der Waals surface area contributed by atoms with Gasteiger partial charge in [0.2, 0.25) is 11.8 Å². The van der Waals surface area contributed by atoms with Gasteiger partial charge in [0.15, 0.2) is 0 Å². The van der Waals surface area contributed by atoms with Crippen molar-refractivity contribution in [1.29, 1.82) is 0 Å². The molecular weight excluding hydrogens is 372 g/mol. The highest BCUT2D eigenvalue weighted by atomic mass is 16.2. The minimum Gasteiger partial charge on any atom is -0.353 e. The van der Waals surface area contributed by atoms with E-state index in [9.17, 15) is 9.59 Å². The maximum atomic E-state index is 13.5. The number of hydrogen-bond acceptors (Lipinski definition) is 2. The number of fused-ring (bicyclic) bond motifs is 7. The molecule has 0 aromatic carbocycles. The van der Waals surface area contributed by atoms with Gasteiger partial charge in [0.25, 0.3) is 0 Å². The Balaban J connectivity index is 1.20. The minimum absolute atomic E-state index is 0.0785. The lowest BCUT2D eigenvalue weighted by Gasteiger charge is -2.58. The van der Waals surface area contributed by atoms with Gasteiger partial charge < -0.3 is 10.6 Å². The van der Waals surface area contributed by atoms with Crippen LogP contribution in [0.3, 0.4) is 0 Å². The second kappa shape index (κ2) is 6.59. The number of nitrogens with one attached hydrogen (secondary N) is 2. The quantitative estimate of drug-likeness (QED) is 0.717. The summed E-state index contributed by atoms with van der Waals surface area (Å²) in [5.74, 6) is 4.29. The first-order chi connectivity index (χ1) is 14.4. The summed E-state index contributed by atoms with van der Waals surface area (Å²) in [4.78, 5) is 25.4. The van der Waals surface area contributed by atoms with Gasteiger partial charge in [-0.25, -0.2) is 0 Å². The molecule has 5 saturated carbocycles. The molecular formula is C26H38N2O2. The number of amides is 2. The van der Waals surface area contributed by atoms with Crippen LogP contribution >= 0.6 is 0 Å². The molecule has 0 aromatic heterocycles. The standard InChI is InChI=1S/C26H38N2O2/c1-25-11-9-19-17(5-8-22-26(19,2)12-10-23(29)28-22)18(25)6-7-20(25)24(30)27-21-14-15-3-4-16(21)13-15/h10,12,15-22H,3-9,11,13-14H2,1-2H3,(H,27,30)(H,28,29)/t15?,16?,17-,18-,19+,20?,21?,22?,25-,26+/m0/s1. The van der Waals surface area contributed by atoms with E-state index >= 15 is 0 Å². The van der Waals surface area contributed by atoms with E-state index in [0.717, 1.165) is 31.1 Å². The molecule has 0 saturated heterocycles. The fraction of sp³-hybridized carbons (Fsp3) is 0.846. The third kappa shape index (κ3) is 2.64. The Hall–Kier alpha value is -1.32. The lowest BCUT2D eigenvalue weighted by molar-refractivity contribution is -0.135.